The molecule has 3 rings (SSSR count). The minimum absolute atomic E-state index is 0.0445. The monoisotopic (exact) mass is 397 g/mol. The molecule has 144 valence electrons. The van der Waals surface area contributed by atoms with Gasteiger partial charge in [0.25, 0.3) is 0 Å². The SMILES string of the molecule is CC[C@@H](C)NC(=O)[C@@H]1CSC2(CCN(S(=O)(=O)c3ccccc3)CC2)N1. The second kappa shape index (κ2) is 7.88. The smallest absolute Gasteiger partial charge is 0.243 e. The molecule has 2 saturated heterocycles. The molecule has 1 amide bonds. The van der Waals surface area contributed by atoms with E-state index in [0.717, 1.165) is 12.2 Å². The van der Waals surface area contributed by atoms with E-state index in [9.17, 15) is 13.2 Å². The summed E-state index contributed by atoms with van der Waals surface area (Å²) in [6.45, 7) is 4.99. The Labute approximate surface area is 160 Å². The minimum Gasteiger partial charge on any atom is -0.352 e. The Morgan fingerprint density at radius 2 is 2.00 bits per heavy atom. The lowest BCUT2D eigenvalue weighted by atomic mass is 10.0. The molecule has 2 atom stereocenters. The molecule has 6 nitrogen and oxygen atoms in total. The largest absolute Gasteiger partial charge is 0.352 e. The lowest BCUT2D eigenvalue weighted by Gasteiger charge is -2.38. The highest BCUT2D eigenvalue weighted by molar-refractivity contribution is 8.01. The van der Waals surface area contributed by atoms with Crippen LogP contribution in [-0.4, -0.2) is 54.4 Å². The number of nitrogens with one attached hydrogen (secondary N) is 2. The molecule has 0 radical (unpaired) electrons. The lowest BCUT2D eigenvalue weighted by molar-refractivity contribution is -0.123. The van der Waals surface area contributed by atoms with Crippen molar-refractivity contribution in [1.29, 1.82) is 0 Å². The standard InChI is InChI=1S/C18H27N3O3S2/c1-3-14(2)19-17(22)16-13-25-18(20-16)9-11-21(12-10-18)26(23,24)15-7-5-4-6-8-15/h4-8,14,16,20H,3,9-13H2,1-2H3,(H,19,22)/t14-,16+/m1/s1. The maximum absolute atomic E-state index is 12.8. The fourth-order valence-corrected chi connectivity index (χ4v) is 6.23. The van der Waals surface area contributed by atoms with Crippen molar-refractivity contribution in [2.45, 2.75) is 55.0 Å². The Bertz CT molecular complexity index is 731. The highest BCUT2D eigenvalue weighted by Gasteiger charge is 2.45. The molecule has 0 unspecified atom stereocenters. The van der Waals surface area contributed by atoms with Crippen LogP contribution in [0.15, 0.2) is 35.2 Å². The van der Waals surface area contributed by atoms with Gasteiger partial charge in [0.2, 0.25) is 15.9 Å². The van der Waals surface area contributed by atoms with Crippen LogP contribution in [0.25, 0.3) is 0 Å². The van der Waals surface area contributed by atoms with Crippen molar-refractivity contribution >= 4 is 27.7 Å². The highest BCUT2D eigenvalue weighted by atomic mass is 32.2. The van der Waals surface area contributed by atoms with Crippen molar-refractivity contribution in [1.82, 2.24) is 14.9 Å². The molecule has 2 fully saturated rings. The van der Waals surface area contributed by atoms with Gasteiger partial charge in [0.1, 0.15) is 0 Å². The molecule has 2 heterocycles. The lowest BCUT2D eigenvalue weighted by Crippen LogP contribution is -2.55. The maximum atomic E-state index is 12.8. The van der Waals surface area contributed by atoms with E-state index in [1.54, 1.807) is 40.3 Å². The fourth-order valence-electron chi connectivity index (χ4n) is 3.35. The Morgan fingerprint density at radius 3 is 2.62 bits per heavy atom. The molecule has 1 spiro atoms. The van der Waals surface area contributed by atoms with Crippen molar-refractivity contribution in [3.8, 4) is 0 Å². The average molecular weight is 398 g/mol. The third-order valence-corrected chi connectivity index (χ3v) is 8.68. The summed E-state index contributed by atoms with van der Waals surface area (Å²) >= 11 is 1.75. The van der Waals surface area contributed by atoms with Crippen LogP contribution >= 0.6 is 11.8 Å². The molecular weight excluding hydrogens is 370 g/mol. The van der Waals surface area contributed by atoms with Gasteiger partial charge in [-0.25, -0.2) is 8.42 Å². The molecule has 0 aromatic heterocycles. The summed E-state index contributed by atoms with van der Waals surface area (Å²) < 4.78 is 27.1. The van der Waals surface area contributed by atoms with Gasteiger partial charge < -0.3 is 5.32 Å². The average Bonchev–Trinajstić information content (AvgIpc) is 3.06. The molecular formula is C18H27N3O3S2. The summed E-state index contributed by atoms with van der Waals surface area (Å²) in [6, 6.07) is 8.54. The van der Waals surface area contributed by atoms with Crippen LogP contribution in [0.3, 0.4) is 0 Å². The van der Waals surface area contributed by atoms with Gasteiger partial charge in [0.15, 0.2) is 0 Å². The van der Waals surface area contributed by atoms with Crippen molar-refractivity contribution in [2.75, 3.05) is 18.8 Å². The Kier molecular flexibility index (Phi) is 5.96. The molecule has 0 saturated carbocycles. The van der Waals surface area contributed by atoms with E-state index < -0.39 is 10.0 Å². The number of sulfonamides is 1. The molecule has 2 aliphatic heterocycles. The van der Waals surface area contributed by atoms with Crippen LogP contribution in [0.2, 0.25) is 0 Å². The number of piperidine rings is 1. The third kappa shape index (κ3) is 4.08. The molecule has 1 aromatic carbocycles. The number of carbonyl (C=O) groups excluding carboxylic acids is 1. The van der Waals surface area contributed by atoms with Crippen LogP contribution < -0.4 is 10.6 Å². The van der Waals surface area contributed by atoms with Crippen LogP contribution in [0.1, 0.15) is 33.1 Å². The normalized spacial score (nSPS) is 24.5. The molecule has 2 N–H and O–H groups in total. The summed E-state index contributed by atoms with van der Waals surface area (Å²) in [5.41, 5.74) is 0. The van der Waals surface area contributed by atoms with Crippen LogP contribution in [0.4, 0.5) is 0 Å². The van der Waals surface area contributed by atoms with Crippen molar-refractivity contribution in [3.63, 3.8) is 0 Å². The number of amides is 1. The van der Waals surface area contributed by atoms with Crippen LogP contribution in [0, 0.1) is 0 Å². The second-order valence-corrected chi connectivity index (χ2v) is 10.4. The van der Waals surface area contributed by atoms with Gasteiger partial charge >= 0.3 is 0 Å². The van der Waals surface area contributed by atoms with Crippen molar-refractivity contribution in [2.24, 2.45) is 0 Å². The van der Waals surface area contributed by atoms with Gasteiger partial charge in [-0.05, 0) is 38.3 Å². The number of nitrogens with zero attached hydrogens (tertiary/aromatic N) is 1. The minimum atomic E-state index is -3.44. The zero-order valence-electron chi connectivity index (χ0n) is 15.3. The van der Waals surface area contributed by atoms with E-state index in [-0.39, 0.29) is 22.9 Å². The van der Waals surface area contributed by atoms with Gasteiger partial charge in [-0.2, -0.15) is 4.31 Å². The van der Waals surface area contributed by atoms with Crippen LogP contribution in [0.5, 0.6) is 0 Å². The first-order chi connectivity index (χ1) is 12.4. The van der Waals surface area contributed by atoms with E-state index in [2.05, 4.69) is 10.6 Å². The number of benzene rings is 1. The fraction of sp³-hybridized carbons (Fsp3) is 0.611. The summed E-state index contributed by atoms with van der Waals surface area (Å²) in [7, 11) is -3.44. The Hall–Kier alpha value is -1.09. The van der Waals surface area contributed by atoms with Gasteiger partial charge in [-0.1, -0.05) is 25.1 Å². The van der Waals surface area contributed by atoms with Gasteiger partial charge in [0, 0.05) is 24.9 Å². The molecule has 0 aliphatic carbocycles. The second-order valence-electron chi connectivity index (χ2n) is 7.04. The maximum Gasteiger partial charge on any atom is 0.243 e. The van der Waals surface area contributed by atoms with E-state index in [1.807, 2.05) is 19.9 Å². The summed E-state index contributed by atoms with van der Waals surface area (Å²) in [5, 5.41) is 6.50. The van der Waals surface area contributed by atoms with Crippen LogP contribution in [-0.2, 0) is 14.8 Å². The molecule has 2 aliphatic rings. The predicted octanol–water partition coefficient (Wildman–Crippen LogP) is 1.79. The number of hydrogen-bond acceptors (Lipinski definition) is 5. The summed E-state index contributed by atoms with van der Waals surface area (Å²) in [5.74, 6) is 0.774. The van der Waals surface area contributed by atoms with Gasteiger partial charge in [0.05, 0.1) is 15.8 Å². The number of thioether (sulfide) groups is 1. The first-order valence-electron chi connectivity index (χ1n) is 9.13. The zero-order valence-corrected chi connectivity index (χ0v) is 16.9. The van der Waals surface area contributed by atoms with Crippen molar-refractivity contribution < 1.29 is 13.2 Å². The Balaban J connectivity index is 1.60. The summed E-state index contributed by atoms with van der Waals surface area (Å²) in [6.07, 6.45) is 2.32. The van der Waals surface area contributed by atoms with E-state index >= 15 is 0 Å². The first-order valence-corrected chi connectivity index (χ1v) is 11.6. The predicted molar refractivity (Wildman–Crippen MR) is 104 cm³/mol. The zero-order chi connectivity index (χ0) is 18.8. The van der Waals surface area contributed by atoms with E-state index in [4.69, 9.17) is 0 Å². The highest BCUT2D eigenvalue weighted by Crippen LogP contribution is 2.40. The molecule has 8 heteroatoms. The van der Waals surface area contributed by atoms with Crippen molar-refractivity contribution in [3.05, 3.63) is 30.3 Å². The Morgan fingerprint density at radius 1 is 1.35 bits per heavy atom. The summed E-state index contributed by atoms with van der Waals surface area (Å²) in [4.78, 5) is 12.5. The molecule has 26 heavy (non-hydrogen) atoms. The van der Waals surface area contributed by atoms with E-state index in [1.165, 1.54) is 0 Å². The molecule has 1 aromatic rings. The third-order valence-electron chi connectivity index (χ3n) is 5.19. The number of carbonyl (C=O) groups is 1. The van der Waals surface area contributed by atoms with Gasteiger partial charge in [-0.3, -0.25) is 10.1 Å². The number of rotatable bonds is 5. The quantitative estimate of drug-likeness (QED) is 0.792. The molecule has 0 bridgehead atoms. The van der Waals surface area contributed by atoms with Gasteiger partial charge in [-0.15, -0.1) is 11.8 Å². The van der Waals surface area contributed by atoms with E-state index in [0.29, 0.717) is 30.8 Å². The first kappa shape index (κ1) is 19.7. The number of hydrogen-bond donors (Lipinski definition) is 2. The topological polar surface area (TPSA) is 78.5 Å².